The Labute approximate surface area is 300 Å². The van der Waals surface area contributed by atoms with Crippen molar-refractivity contribution in [3.8, 4) is 17.2 Å². The molecule has 51 heavy (non-hydrogen) atoms. The molecule has 10 heteroatoms. The number of aliphatic hydroxyl groups is 2. The number of unbranched alkanes of at least 4 members (excludes halogenated alkanes) is 2. The second kappa shape index (κ2) is 16.3. The van der Waals surface area contributed by atoms with Crippen molar-refractivity contribution < 1.29 is 38.8 Å². The first-order chi connectivity index (χ1) is 24.9. The molecule has 1 amide bonds. The fourth-order valence-electron chi connectivity index (χ4n) is 8.54. The van der Waals surface area contributed by atoms with Gasteiger partial charge in [-0.2, -0.15) is 0 Å². The van der Waals surface area contributed by atoms with Crippen molar-refractivity contribution >= 4 is 22.6 Å². The zero-order chi connectivity index (χ0) is 36.0. The van der Waals surface area contributed by atoms with Crippen LogP contribution in [0.2, 0.25) is 0 Å². The lowest BCUT2D eigenvalue weighted by atomic mass is 9.55. The highest BCUT2D eigenvalue weighted by atomic mass is 16.7. The second-order valence-electron chi connectivity index (χ2n) is 13.6. The van der Waals surface area contributed by atoms with E-state index in [9.17, 15) is 15.0 Å². The van der Waals surface area contributed by atoms with Crippen LogP contribution in [0.25, 0.3) is 10.8 Å². The fraction of sp³-hybridized carbons (Fsp3) is 0.463. The maximum Gasteiger partial charge on any atom is 0.409 e. The summed E-state index contributed by atoms with van der Waals surface area (Å²) >= 11 is 0. The van der Waals surface area contributed by atoms with Crippen molar-refractivity contribution in [3.05, 3.63) is 90.5 Å². The second-order valence-corrected chi connectivity index (χ2v) is 13.6. The first-order valence-electron chi connectivity index (χ1n) is 18.0. The molecule has 0 spiro atoms. The number of ether oxygens (including phenoxy) is 4. The lowest BCUT2D eigenvalue weighted by Crippen LogP contribution is -2.69. The number of carbonyl (C=O) groups excluding carboxylic acids is 1. The Hall–Kier alpha value is -4.38. The molecule has 1 heterocycles. The van der Waals surface area contributed by atoms with Crippen LogP contribution in [0, 0.1) is 17.8 Å². The van der Waals surface area contributed by atoms with Crippen molar-refractivity contribution in [2.24, 2.45) is 22.9 Å². The Morgan fingerprint density at radius 3 is 2.45 bits per heavy atom. The summed E-state index contributed by atoms with van der Waals surface area (Å²) in [6.45, 7) is 4.38. The van der Waals surface area contributed by atoms with Gasteiger partial charge < -0.3 is 38.9 Å². The van der Waals surface area contributed by atoms with Crippen molar-refractivity contribution in [3.63, 3.8) is 0 Å². The lowest BCUT2D eigenvalue weighted by molar-refractivity contribution is -0.253. The van der Waals surface area contributed by atoms with E-state index in [1.54, 1.807) is 18.0 Å². The normalized spacial score (nSPS) is 25.6. The van der Waals surface area contributed by atoms with E-state index < -0.39 is 23.8 Å². The number of methoxy groups -OCH3 is 1. The van der Waals surface area contributed by atoms with Gasteiger partial charge in [-0.05, 0) is 84.2 Å². The summed E-state index contributed by atoms with van der Waals surface area (Å²) in [6, 6.07) is 19.6. The van der Waals surface area contributed by atoms with Gasteiger partial charge in [-0.25, -0.2) is 4.79 Å². The van der Waals surface area contributed by atoms with Crippen LogP contribution in [0.3, 0.4) is 0 Å². The molecular weight excluding hydrogens is 648 g/mol. The lowest BCUT2D eigenvalue weighted by Gasteiger charge is -2.59. The zero-order valence-corrected chi connectivity index (χ0v) is 29.8. The van der Waals surface area contributed by atoms with Crippen LogP contribution in [0.4, 0.5) is 4.79 Å². The SMILES string of the molecule is C=CCOC12Oc3ccc(Oc4ccc5ccccc5c4)cc3C3C(CCCCO)C(CCCCO)C=C(C(=NOC)CC1N(C)C(=O)OC)C32. The maximum absolute atomic E-state index is 13.2. The minimum absolute atomic E-state index is 0.111. The molecule has 3 aliphatic rings. The molecule has 1 aliphatic heterocycles. The molecule has 10 nitrogen and oxygen atoms in total. The van der Waals surface area contributed by atoms with Gasteiger partial charge in [-0.1, -0.05) is 60.5 Å². The van der Waals surface area contributed by atoms with Crippen LogP contribution in [0.1, 0.15) is 56.4 Å². The van der Waals surface area contributed by atoms with Crippen LogP contribution in [0.15, 0.2) is 90.1 Å². The summed E-state index contributed by atoms with van der Waals surface area (Å²) < 4.78 is 25.7. The van der Waals surface area contributed by atoms with E-state index in [-0.39, 0.29) is 37.6 Å². The molecule has 3 aromatic rings. The molecule has 272 valence electrons. The zero-order valence-electron chi connectivity index (χ0n) is 29.8. The average molecular weight is 699 g/mol. The first-order valence-corrected chi connectivity index (χ1v) is 18.0. The van der Waals surface area contributed by atoms with Crippen LogP contribution in [-0.4, -0.2) is 79.8 Å². The highest BCUT2D eigenvalue weighted by Crippen LogP contribution is 2.62. The summed E-state index contributed by atoms with van der Waals surface area (Å²) in [5, 5.41) is 26.3. The Morgan fingerprint density at radius 2 is 1.73 bits per heavy atom. The number of amides is 1. The minimum atomic E-state index is -1.32. The van der Waals surface area contributed by atoms with E-state index in [1.807, 2.05) is 36.4 Å². The highest BCUT2D eigenvalue weighted by molar-refractivity contribution is 6.03. The summed E-state index contributed by atoms with van der Waals surface area (Å²) in [4.78, 5) is 20.2. The van der Waals surface area contributed by atoms with Gasteiger partial charge in [0.2, 0.25) is 5.79 Å². The van der Waals surface area contributed by atoms with Crippen LogP contribution in [-0.2, 0) is 14.3 Å². The van der Waals surface area contributed by atoms with Crippen LogP contribution < -0.4 is 9.47 Å². The van der Waals surface area contributed by atoms with Gasteiger partial charge in [0.25, 0.3) is 0 Å². The molecule has 2 N–H and O–H groups in total. The van der Waals surface area contributed by atoms with Gasteiger partial charge in [-0.3, -0.25) is 0 Å². The smallest absolute Gasteiger partial charge is 0.409 e. The molecule has 6 unspecified atom stereocenters. The molecular formula is C41H50N2O8. The molecule has 6 rings (SSSR count). The third-order valence-corrected chi connectivity index (χ3v) is 10.7. The Balaban J connectivity index is 1.54. The largest absolute Gasteiger partial charge is 0.459 e. The van der Waals surface area contributed by atoms with E-state index in [2.05, 4.69) is 42.1 Å². The number of allylic oxidation sites excluding steroid dienone is 1. The predicted octanol–water partition coefficient (Wildman–Crippen LogP) is 7.59. The molecule has 3 aromatic carbocycles. The summed E-state index contributed by atoms with van der Waals surface area (Å²) in [7, 11) is 4.59. The number of benzene rings is 3. The number of aliphatic hydroxyl groups excluding tert-OH is 2. The standard InChI is InChI=1S/C41H50N2O8/c1-5-22-49-41-37(43(2)40(46)47-3)26-35(42-48-4)33-24-29(14-8-10-20-44)32(15-9-11-21-45)38(39(33)41)34-25-31(18-19-36(34)51-41)50-30-17-16-27-12-6-7-13-28(27)23-30/h5-7,12-13,16-19,23-25,29,32,37-39,44-45H,1,8-11,14-15,20-22,26H2,2-4H3. The quantitative estimate of drug-likeness (QED) is 0.0947. The average Bonchev–Trinajstić information content (AvgIpc) is 3.15. The van der Waals surface area contributed by atoms with Gasteiger partial charge in [0.05, 0.1) is 25.3 Å². The van der Waals surface area contributed by atoms with Crippen molar-refractivity contribution in [1.82, 2.24) is 4.90 Å². The third kappa shape index (κ3) is 7.22. The monoisotopic (exact) mass is 698 g/mol. The molecule has 6 atom stereocenters. The first kappa shape index (κ1) is 36.4. The maximum atomic E-state index is 13.2. The van der Waals surface area contributed by atoms with Crippen molar-refractivity contribution in [1.29, 1.82) is 0 Å². The Bertz CT molecular complexity index is 1760. The van der Waals surface area contributed by atoms with E-state index in [0.29, 0.717) is 30.8 Å². The Morgan fingerprint density at radius 1 is 1.00 bits per heavy atom. The van der Waals surface area contributed by atoms with Crippen molar-refractivity contribution in [2.45, 2.75) is 62.7 Å². The van der Waals surface area contributed by atoms with Gasteiger partial charge in [0.1, 0.15) is 30.4 Å². The van der Waals surface area contributed by atoms with Gasteiger partial charge in [0, 0.05) is 38.2 Å². The van der Waals surface area contributed by atoms with Gasteiger partial charge >= 0.3 is 6.09 Å². The third-order valence-electron chi connectivity index (χ3n) is 10.7. The van der Waals surface area contributed by atoms with Gasteiger partial charge in [-0.15, -0.1) is 6.58 Å². The van der Waals surface area contributed by atoms with E-state index >= 15 is 0 Å². The molecule has 0 radical (unpaired) electrons. The van der Waals surface area contributed by atoms with Crippen LogP contribution in [0.5, 0.6) is 17.2 Å². The van der Waals surface area contributed by atoms with E-state index in [4.69, 9.17) is 23.8 Å². The summed E-state index contributed by atoms with van der Waals surface area (Å²) in [6.07, 6.45) is 8.58. The molecule has 1 saturated carbocycles. The molecule has 0 saturated heterocycles. The summed E-state index contributed by atoms with van der Waals surface area (Å²) in [5.74, 6) is 0.451. The molecule has 0 bridgehead atoms. The molecule has 2 aliphatic carbocycles. The predicted molar refractivity (Wildman–Crippen MR) is 196 cm³/mol. The highest BCUT2D eigenvalue weighted by Gasteiger charge is 2.65. The molecule has 1 fully saturated rings. The number of carbonyl (C=O) groups is 1. The van der Waals surface area contributed by atoms with E-state index in [1.165, 1.54) is 14.2 Å². The number of likely N-dealkylation sites (N-methyl/N-ethyl adjacent to an activating group) is 1. The number of oxime groups is 1. The minimum Gasteiger partial charge on any atom is -0.459 e. The van der Waals surface area contributed by atoms with Crippen LogP contribution >= 0.6 is 0 Å². The summed E-state index contributed by atoms with van der Waals surface area (Å²) in [5.41, 5.74) is 2.68. The number of hydrogen-bond donors (Lipinski definition) is 2. The van der Waals surface area contributed by atoms with Gasteiger partial charge in [0.15, 0.2) is 0 Å². The number of nitrogens with zero attached hydrogens (tertiary/aromatic N) is 2. The number of rotatable bonds is 15. The Kier molecular flexibility index (Phi) is 11.6. The van der Waals surface area contributed by atoms with E-state index in [0.717, 1.165) is 59.1 Å². The number of hydrogen-bond acceptors (Lipinski definition) is 9. The number of fused-ring (bicyclic) bond motifs is 3. The molecule has 0 aromatic heterocycles. The topological polar surface area (TPSA) is 119 Å². The van der Waals surface area contributed by atoms with Crippen molar-refractivity contribution in [2.75, 3.05) is 41.1 Å². The fourth-order valence-corrected chi connectivity index (χ4v) is 8.54.